The molecule has 0 spiro atoms. The molecular formula is C21H25F5O4. The molecule has 1 aromatic carbocycles. The average molecular weight is 436 g/mol. The Hall–Kier alpha value is -2.45. The van der Waals surface area contributed by atoms with E-state index in [1.807, 2.05) is 0 Å². The van der Waals surface area contributed by atoms with Gasteiger partial charge in [0.2, 0.25) is 34.8 Å². The lowest BCUT2D eigenvalue weighted by Gasteiger charge is -2.33. The zero-order valence-corrected chi connectivity index (χ0v) is 17.5. The number of carbonyl (C=O) groups is 2. The predicted octanol–water partition coefficient (Wildman–Crippen LogP) is 5.63. The second-order valence-corrected chi connectivity index (χ2v) is 8.30. The molecule has 0 aliphatic carbocycles. The topological polar surface area (TPSA) is 52.6 Å². The van der Waals surface area contributed by atoms with Crippen LogP contribution >= 0.6 is 0 Å². The van der Waals surface area contributed by atoms with Gasteiger partial charge in [-0.2, -0.15) is 8.78 Å². The van der Waals surface area contributed by atoms with Gasteiger partial charge in [-0.25, -0.2) is 13.2 Å². The summed E-state index contributed by atoms with van der Waals surface area (Å²) in [5.41, 5.74) is -3.06. The maximum Gasteiger partial charge on any atom is 0.329 e. The van der Waals surface area contributed by atoms with E-state index in [0.717, 1.165) is 0 Å². The summed E-state index contributed by atoms with van der Waals surface area (Å²) in [5.74, 6) is -16.1. The summed E-state index contributed by atoms with van der Waals surface area (Å²) in [4.78, 5) is 25.9. The predicted molar refractivity (Wildman–Crippen MR) is 99.0 cm³/mol. The second-order valence-electron chi connectivity index (χ2n) is 8.30. The minimum absolute atomic E-state index is 0.123. The van der Waals surface area contributed by atoms with Crippen LogP contribution in [-0.4, -0.2) is 17.5 Å². The van der Waals surface area contributed by atoms with Crippen molar-refractivity contribution in [3.05, 3.63) is 41.7 Å². The molecule has 0 aliphatic heterocycles. The monoisotopic (exact) mass is 436 g/mol. The molecule has 0 N–H and O–H groups in total. The first-order valence-corrected chi connectivity index (χ1v) is 9.26. The van der Waals surface area contributed by atoms with E-state index < -0.39 is 57.8 Å². The van der Waals surface area contributed by atoms with E-state index in [1.165, 1.54) is 6.08 Å². The Labute approximate surface area is 172 Å². The van der Waals surface area contributed by atoms with Gasteiger partial charge in [0.25, 0.3) is 0 Å². The van der Waals surface area contributed by atoms with E-state index in [1.54, 1.807) is 34.6 Å². The summed E-state index contributed by atoms with van der Waals surface area (Å²) in [6, 6.07) is 0. The van der Waals surface area contributed by atoms with Gasteiger partial charge in [-0.05, 0) is 46.0 Å². The van der Waals surface area contributed by atoms with E-state index >= 15 is 0 Å². The van der Waals surface area contributed by atoms with Gasteiger partial charge >= 0.3 is 11.9 Å². The summed E-state index contributed by atoms with van der Waals surface area (Å²) >= 11 is 0. The van der Waals surface area contributed by atoms with Crippen molar-refractivity contribution in [2.24, 2.45) is 11.3 Å². The number of halogens is 5. The van der Waals surface area contributed by atoms with E-state index in [2.05, 4.69) is 11.3 Å². The van der Waals surface area contributed by atoms with Crippen molar-refractivity contribution in [3.63, 3.8) is 0 Å². The molecule has 30 heavy (non-hydrogen) atoms. The van der Waals surface area contributed by atoms with Crippen molar-refractivity contribution in [1.82, 2.24) is 0 Å². The summed E-state index contributed by atoms with van der Waals surface area (Å²) < 4.78 is 78.2. The lowest BCUT2D eigenvalue weighted by atomic mass is 9.76. The molecule has 0 saturated carbocycles. The summed E-state index contributed by atoms with van der Waals surface area (Å²) in [6.45, 7) is 11.5. The number of esters is 2. The molecule has 0 aromatic heterocycles. The van der Waals surface area contributed by atoms with Gasteiger partial charge in [-0.1, -0.05) is 19.9 Å². The van der Waals surface area contributed by atoms with Crippen molar-refractivity contribution in [2.45, 2.75) is 59.5 Å². The van der Waals surface area contributed by atoms with Crippen LogP contribution in [0.1, 0.15) is 53.9 Å². The smallest absolute Gasteiger partial charge is 0.329 e. The number of carbonyl (C=O) groups excluding carboxylic acids is 2. The molecule has 0 fully saturated rings. The van der Waals surface area contributed by atoms with Crippen LogP contribution in [0.3, 0.4) is 0 Å². The van der Waals surface area contributed by atoms with E-state index in [0.29, 0.717) is 0 Å². The van der Waals surface area contributed by atoms with Crippen molar-refractivity contribution in [3.8, 4) is 5.75 Å². The number of benzene rings is 1. The third kappa shape index (κ3) is 5.58. The highest BCUT2D eigenvalue weighted by Crippen LogP contribution is 2.38. The van der Waals surface area contributed by atoms with E-state index in [-0.39, 0.29) is 25.2 Å². The first-order chi connectivity index (χ1) is 13.7. The number of ether oxygens (including phenoxy) is 2. The van der Waals surface area contributed by atoms with Crippen LogP contribution in [0, 0.1) is 40.4 Å². The van der Waals surface area contributed by atoms with Gasteiger partial charge in [-0.15, -0.1) is 6.58 Å². The Morgan fingerprint density at radius 2 is 1.40 bits per heavy atom. The maximum absolute atomic E-state index is 14.0. The largest absolute Gasteiger partial charge is 0.459 e. The number of hydrogen-bond acceptors (Lipinski definition) is 4. The maximum atomic E-state index is 14.0. The fourth-order valence-electron chi connectivity index (χ4n) is 2.84. The third-order valence-electron chi connectivity index (χ3n) is 4.08. The first kappa shape index (κ1) is 25.6. The number of hydrogen-bond donors (Lipinski definition) is 0. The minimum Gasteiger partial charge on any atom is -0.459 e. The van der Waals surface area contributed by atoms with Gasteiger partial charge in [0.05, 0.1) is 0 Å². The molecule has 0 bridgehead atoms. The van der Waals surface area contributed by atoms with Crippen molar-refractivity contribution >= 4 is 11.9 Å². The highest BCUT2D eigenvalue weighted by Gasteiger charge is 2.50. The highest BCUT2D eigenvalue weighted by molar-refractivity contribution is 6.01. The molecule has 1 atom stereocenters. The molecule has 1 rings (SSSR count). The van der Waals surface area contributed by atoms with Crippen LogP contribution in [0.15, 0.2) is 12.7 Å². The molecular weight excluding hydrogens is 411 g/mol. The van der Waals surface area contributed by atoms with Gasteiger partial charge < -0.3 is 9.47 Å². The van der Waals surface area contributed by atoms with Crippen molar-refractivity contribution in [2.75, 3.05) is 0 Å². The molecule has 1 unspecified atom stereocenters. The Morgan fingerprint density at radius 1 is 0.933 bits per heavy atom. The Kier molecular flexibility index (Phi) is 8.16. The molecule has 0 heterocycles. The fourth-order valence-corrected chi connectivity index (χ4v) is 2.84. The summed E-state index contributed by atoms with van der Waals surface area (Å²) in [6.07, 6.45) is 1.19. The van der Waals surface area contributed by atoms with Crippen LogP contribution in [0.5, 0.6) is 5.75 Å². The average Bonchev–Trinajstić information content (AvgIpc) is 2.63. The van der Waals surface area contributed by atoms with Gasteiger partial charge in [0.1, 0.15) is 5.60 Å². The molecule has 0 radical (unpaired) electrons. The van der Waals surface area contributed by atoms with Crippen LogP contribution in [0.4, 0.5) is 22.0 Å². The zero-order valence-electron chi connectivity index (χ0n) is 17.5. The van der Waals surface area contributed by atoms with Crippen molar-refractivity contribution in [1.29, 1.82) is 0 Å². The molecule has 0 amide bonds. The minimum atomic E-state index is -2.39. The number of rotatable bonds is 8. The molecule has 1 aromatic rings. The fraction of sp³-hybridized carbons (Fsp3) is 0.524. The molecule has 168 valence electrons. The quantitative estimate of drug-likeness (QED) is 0.101. The Balaban J connectivity index is 3.55. The normalized spacial score (nSPS) is 13.7. The van der Waals surface area contributed by atoms with E-state index in [9.17, 15) is 31.5 Å². The van der Waals surface area contributed by atoms with Crippen molar-refractivity contribution < 1.29 is 41.0 Å². The summed E-state index contributed by atoms with van der Waals surface area (Å²) in [5, 5.41) is 0. The highest BCUT2D eigenvalue weighted by atomic mass is 19.2. The van der Waals surface area contributed by atoms with E-state index in [4.69, 9.17) is 4.74 Å². The Bertz CT molecular complexity index is 801. The lowest BCUT2D eigenvalue weighted by molar-refractivity contribution is -0.178. The van der Waals surface area contributed by atoms with Crippen LogP contribution < -0.4 is 4.74 Å². The Morgan fingerprint density at radius 3 is 1.80 bits per heavy atom. The van der Waals surface area contributed by atoms with Crippen LogP contribution in [0.25, 0.3) is 0 Å². The zero-order chi connectivity index (χ0) is 23.4. The first-order valence-electron chi connectivity index (χ1n) is 9.26. The molecule has 4 nitrogen and oxygen atoms in total. The third-order valence-corrected chi connectivity index (χ3v) is 4.08. The summed E-state index contributed by atoms with van der Waals surface area (Å²) in [7, 11) is 0. The SMILES string of the molecule is C=CCCC(CC(C)C)(C(=O)Oc1c(F)c(F)c(F)c(F)c1F)C(=O)OC(C)(C)C. The van der Waals surface area contributed by atoms with Gasteiger partial charge in [0.15, 0.2) is 5.41 Å². The van der Waals surface area contributed by atoms with Crippen LogP contribution in [0.2, 0.25) is 0 Å². The standard InChI is InChI=1S/C21H25F5O4/c1-7-8-9-21(10-11(2)3,19(28)30-20(4,5)6)18(27)29-17-15(25)13(23)12(22)14(24)16(17)26/h7,11H,1,8-10H2,2-6H3. The lowest BCUT2D eigenvalue weighted by Crippen LogP contribution is -2.47. The molecule has 9 heteroatoms. The van der Waals surface area contributed by atoms with Crippen LogP contribution in [-0.2, 0) is 14.3 Å². The number of allylic oxidation sites excluding steroid dienone is 1. The molecule has 0 aliphatic rings. The second kappa shape index (κ2) is 9.57. The molecule has 0 saturated heterocycles. The van der Waals surface area contributed by atoms with Gasteiger partial charge in [-0.3, -0.25) is 9.59 Å². The van der Waals surface area contributed by atoms with Gasteiger partial charge in [0, 0.05) is 0 Å².